The first-order chi connectivity index (χ1) is 7.93. The minimum absolute atomic E-state index is 0.978. The van der Waals surface area contributed by atoms with Crippen LogP contribution >= 0.6 is 0 Å². The van der Waals surface area contributed by atoms with Crippen LogP contribution in [0, 0.1) is 0 Å². The largest absolute Gasteiger partial charge is 0.348 e. The van der Waals surface area contributed by atoms with E-state index in [0.717, 1.165) is 17.2 Å². The third kappa shape index (κ3) is 1.52. The molecular formula is C13H11N3. The third-order valence-corrected chi connectivity index (χ3v) is 2.49. The van der Waals surface area contributed by atoms with Crippen molar-refractivity contribution in [2.24, 2.45) is 4.99 Å². The molecule has 0 spiro atoms. The third-order valence-electron chi connectivity index (χ3n) is 2.49. The first kappa shape index (κ1) is 8.97. The van der Waals surface area contributed by atoms with Crippen LogP contribution in [0.3, 0.4) is 0 Å². The number of H-pyrrole nitrogens is 1. The van der Waals surface area contributed by atoms with E-state index in [1.54, 1.807) is 6.21 Å². The quantitative estimate of drug-likeness (QED) is 0.789. The molecule has 0 unspecified atom stereocenters. The van der Waals surface area contributed by atoms with Crippen molar-refractivity contribution in [1.29, 1.82) is 0 Å². The van der Waals surface area contributed by atoms with E-state index in [0.29, 0.717) is 0 Å². The molecule has 0 bridgehead atoms. The standard InChI is InChI=1S/C13H11N3/c1-4-11(14-7-1)10-12-5-3-9-16(12)13-6-2-8-15-13/h1-10,15H/b11-10+. The van der Waals surface area contributed by atoms with Crippen molar-refractivity contribution >= 4 is 12.3 Å². The zero-order valence-corrected chi connectivity index (χ0v) is 8.67. The monoisotopic (exact) mass is 209 g/mol. The minimum atomic E-state index is 0.978. The molecule has 0 radical (unpaired) electrons. The van der Waals surface area contributed by atoms with Gasteiger partial charge in [-0.1, -0.05) is 0 Å². The number of rotatable bonds is 2. The Labute approximate surface area is 93.5 Å². The SMILES string of the molecule is C1=C/C(=C\c2cccn2-c2ccc[nH]2)N=C1. The maximum Gasteiger partial charge on any atom is 0.114 e. The molecule has 0 saturated carbocycles. The molecule has 1 N–H and O–H groups in total. The number of nitrogens with one attached hydrogen (secondary N) is 1. The van der Waals surface area contributed by atoms with Gasteiger partial charge in [0.2, 0.25) is 0 Å². The normalized spacial score (nSPS) is 16.4. The summed E-state index contributed by atoms with van der Waals surface area (Å²) in [4.78, 5) is 7.42. The van der Waals surface area contributed by atoms with Gasteiger partial charge in [-0.15, -0.1) is 0 Å². The van der Waals surface area contributed by atoms with Gasteiger partial charge in [-0.2, -0.15) is 0 Å². The van der Waals surface area contributed by atoms with E-state index in [1.165, 1.54) is 0 Å². The van der Waals surface area contributed by atoms with Crippen LogP contribution in [0.25, 0.3) is 11.9 Å². The predicted molar refractivity (Wildman–Crippen MR) is 65.7 cm³/mol. The summed E-state index contributed by atoms with van der Waals surface area (Å²) >= 11 is 0. The molecule has 3 rings (SSSR count). The Morgan fingerprint density at radius 1 is 1.25 bits per heavy atom. The summed E-state index contributed by atoms with van der Waals surface area (Å²) in [5.41, 5.74) is 2.09. The smallest absolute Gasteiger partial charge is 0.114 e. The van der Waals surface area contributed by atoms with Crippen LogP contribution in [-0.4, -0.2) is 15.8 Å². The van der Waals surface area contributed by atoms with E-state index in [2.05, 4.69) is 26.7 Å². The van der Waals surface area contributed by atoms with E-state index in [4.69, 9.17) is 0 Å². The van der Waals surface area contributed by atoms with Gasteiger partial charge >= 0.3 is 0 Å². The summed E-state index contributed by atoms with van der Waals surface area (Å²) in [6, 6.07) is 8.11. The number of aliphatic imine (C=N–C) groups is 1. The van der Waals surface area contributed by atoms with Crippen LogP contribution in [-0.2, 0) is 0 Å². The Balaban J connectivity index is 2.03. The molecule has 0 atom stereocenters. The van der Waals surface area contributed by atoms with Crippen molar-refractivity contribution in [2.45, 2.75) is 0 Å². The van der Waals surface area contributed by atoms with E-state index in [9.17, 15) is 0 Å². The number of aromatic nitrogens is 2. The first-order valence-corrected chi connectivity index (χ1v) is 5.17. The van der Waals surface area contributed by atoms with Gasteiger partial charge in [0.05, 0.1) is 5.70 Å². The fraction of sp³-hybridized carbons (Fsp3) is 0. The molecule has 0 fully saturated rings. The fourth-order valence-electron chi connectivity index (χ4n) is 1.75. The maximum atomic E-state index is 4.23. The van der Waals surface area contributed by atoms with E-state index >= 15 is 0 Å². The van der Waals surface area contributed by atoms with Crippen molar-refractivity contribution in [3.05, 3.63) is 60.2 Å². The highest BCUT2D eigenvalue weighted by Crippen LogP contribution is 2.16. The Kier molecular flexibility index (Phi) is 2.07. The lowest BCUT2D eigenvalue weighted by Crippen LogP contribution is -1.94. The molecule has 3 nitrogen and oxygen atoms in total. The highest BCUT2D eigenvalue weighted by atomic mass is 15.1. The average molecular weight is 209 g/mol. The predicted octanol–water partition coefficient (Wildman–Crippen LogP) is 2.79. The molecule has 0 saturated heterocycles. The lowest BCUT2D eigenvalue weighted by Gasteiger charge is -2.03. The summed E-state index contributed by atoms with van der Waals surface area (Å²) in [7, 11) is 0. The summed E-state index contributed by atoms with van der Waals surface area (Å²) < 4.78 is 2.09. The molecule has 3 heteroatoms. The number of hydrogen-bond donors (Lipinski definition) is 1. The summed E-state index contributed by atoms with van der Waals surface area (Å²) in [5, 5.41) is 0. The van der Waals surface area contributed by atoms with Gasteiger partial charge in [0, 0.05) is 24.3 Å². The zero-order valence-electron chi connectivity index (χ0n) is 8.67. The van der Waals surface area contributed by atoms with Crippen molar-refractivity contribution in [3.63, 3.8) is 0 Å². The second-order valence-corrected chi connectivity index (χ2v) is 3.56. The number of hydrogen-bond acceptors (Lipinski definition) is 1. The van der Waals surface area contributed by atoms with Gasteiger partial charge in [0.15, 0.2) is 0 Å². The van der Waals surface area contributed by atoms with Gasteiger partial charge in [-0.05, 0) is 42.5 Å². The number of aromatic amines is 1. The van der Waals surface area contributed by atoms with Gasteiger partial charge in [0.1, 0.15) is 5.82 Å². The molecule has 2 aromatic rings. The summed E-state index contributed by atoms with van der Waals surface area (Å²) in [5.74, 6) is 1.06. The second-order valence-electron chi connectivity index (χ2n) is 3.56. The Bertz CT molecular complexity index is 554. The molecule has 0 aliphatic carbocycles. The van der Waals surface area contributed by atoms with Crippen LogP contribution in [0.5, 0.6) is 0 Å². The second kappa shape index (κ2) is 3.70. The van der Waals surface area contributed by atoms with E-state index < -0.39 is 0 Å². The summed E-state index contributed by atoms with van der Waals surface area (Å²) in [6.07, 6.45) is 11.7. The Morgan fingerprint density at radius 2 is 2.25 bits per heavy atom. The molecular weight excluding hydrogens is 198 g/mol. The maximum absolute atomic E-state index is 4.23. The van der Waals surface area contributed by atoms with Gasteiger partial charge in [-0.3, -0.25) is 4.99 Å². The lowest BCUT2D eigenvalue weighted by atomic mass is 10.3. The Hall–Kier alpha value is -2.29. The van der Waals surface area contributed by atoms with Crippen LogP contribution in [0.2, 0.25) is 0 Å². The highest BCUT2D eigenvalue weighted by molar-refractivity contribution is 5.79. The molecule has 0 amide bonds. The van der Waals surface area contributed by atoms with E-state index in [-0.39, 0.29) is 0 Å². The molecule has 1 aliphatic heterocycles. The zero-order chi connectivity index (χ0) is 10.8. The molecule has 3 heterocycles. The minimum Gasteiger partial charge on any atom is -0.348 e. The average Bonchev–Trinajstić information content (AvgIpc) is 2.98. The van der Waals surface area contributed by atoms with Crippen LogP contribution in [0.4, 0.5) is 0 Å². The first-order valence-electron chi connectivity index (χ1n) is 5.17. The van der Waals surface area contributed by atoms with Gasteiger partial charge in [0.25, 0.3) is 0 Å². The fourth-order valence-corrected chi connectivity index (χ4v) is 1.75. The van der Waals surface area contributed by atoms with Crippen molar-refractivity contribution < 1.29 is 0 Å². The molecule has 78 valence electrons. The number of allylic oxidation sites excluding steroid dienone is 2. The topological polar surface area (TPSA) is 33.1 Å². The molecule has 2 aromatic heterocycles. The molecule has 16 heavy (non-hydrogen) atoms. The van der Waals surface area contributed by atoms with Crippen LogP contribution in [0.1, 0.15) is 5.69 Å². The summed E-state index contributed by atoms with van der Waals surface area (Å²) in [6.45, 7) is 0. The van der Waals surface area contributed by atoms with Crippen molar-refractivity contribution in [3.8, 4) is 5.82 Å². The van der Waals surface area contributed by atoms with Crippen LogP contribution in [0.15, 0.2) is 59.5 Å². The van der Waals surface area contributed by atoms with E-state index in [1.807, 2.05) is 42.7 Å². The van der Waals surface area contributed by atoms with Crippen molar-refractivity contribution in [1.82, 2.24) is 9.55 Å². The Morgan fingerprint density at radius 3 is 3.00 bits per heavy atom. The lowest BCUT2D eigenvalue weighted by molar-refractivity contribution is 1.01. The van der Waals surface area contributed by atoms with Crippen molar-refractivity contribution in [2.75, 3.05) is 0 Å². The van der Waals surface area contributed by atoms with Gasteiger partial charge in [-0.25, -0.2) is 0 Å². The molecule has 0 aromatic carbocycles. The van der Waals surface area contributed by atoms with Crippen LogP contribution < -0.4 is 0 Å². The highest BCUT2D eigenvalue weighted by Gasteiger charge is 2.02. The molecule has 1 aliphatic rings. The van der Waals surface area contributed by atoms with Gasteiger partial charge < -0.3 is 9.55 Å². The number of nitrogens with zero attached hydrogens (tertiary/aromatic N) is 2.